The second kappa shape index (κ2) is 5.19. The average Bonchev–Trinajstić information content (AvgIpc) is 2.80. The minimum absolute atomic E-state index is 0.0510. The molecule has 0 aliphatic rings. The van der Waals surface area contributed by atoms with Crippen LogP contribution in [0.15, 0.2) is 42.5 Å². The normalized spacial score (nSPS) is 12.8. The van der Waals surface area contributed by atoms with Gasteiger partial charge in [0.25, 0.3) is 0 Å². The van der Waals surface area contributed by atoms with Crippen LogP contribution in [-0.4, -0.2) is 10.1 Å². The van der Waals surface area contributed by atoms with Gasteiger partial charge in [-0.25, -0.2) is 0 Å². The molecule has 0 aliphatic carbocycles. The standard InChI is InChI=1S/C16H9F6NO/c17-15(18,19)9-5-8(6-10(7-9)16(20,21)22)13-11-3-1-2-4-12(11)23-14(13)24/h1-7,23-24H. The van der Waals surface area contributed by atoms with Crippen LogP contribution in [-0.2, 0) is 12.4 Å². The molecule has 2 N–H and O–H groups in total. The summed E-state index contributed by atoms with van der Waals surface area (Å²) in [5, 5.41) is 10.3. The molecule has 0 amide bonds. The molecule has 0 bridgehead atoms. The van der Waals surface area contributed by atoms with Crippen molar-refractivity contribution < 1.29 is 31.4 Å². The first-order chi connectivity index (χ1) is 11.1. The predicted molar refractivity (Wildman–Crippen MR) is 75.4 cm³/mol. The maximum Gasteiger partial charge on any atom is 0.416 e. The van der Waals surface area contributed by atoms with E-state index in [0.29, 0.717) is 23.0 Å². The van der Waals surface area contributed by atoms with Gasteiger partial charge in [-0.05, 0) is 29.8 Å². The first-order valence-corrected chi connectivity index (χ1v) is 6.67. The molecule has 2 nitrogen and oxygen atoms in total. The zero-order valence-electron chi connectivity index (χ0n) is 11.8. The maximum atomic E-state index is 13.0. The third-order valence-corrected chi connectivity index (χ3v) is 3.56. The lowest BCUT2D eigenvalue weighted by Gasteiger charge is -2.14. The van der Waals surface area contributed by atoms with Crippen LogP contribution in [0.25, 0.3) is 22.0 Å². The molecule has 1 heterocycles. The van der Waals surface area contributed by atoms with Crippen molar-refractivity contribution in [3.8, 4) is 17.0 Å². The van der Waals surface area contributed by atoms with Crippen LogP contribution >= 0.6 is 0 Å². The first-order valence-electron chi connectivity index (χ1n) is 6.67. The summed E-state index contributed by atoms with van der Waals surface area (Å²) in [5.41, 5.74) is -2.95. The third-order valence-electron chi connectivity index (χ3n) is 3.56. The van der Waals surface area contributed by atoms with E-state index in [1.165, 1.54) is 6.07 Å². The summed E-state index contributed by atoms with van der Waals surface area (Å²) in [5.74, 6) is -0.497. The van der Waals surface area contributed by atoms with Gasteiger partial charge in [0.1, 0.15) is 0 Å². The number of hydrogen-bond donors (Lipinski definition) is 2. The number of nitrogens with one attached hydrogen (secondary N) is 1. The molecule has 0 saturated heterocycles. The lowest BCUT2D eigenvalue weighted by atomic mass is 9.98. The van der Waals surface area contributed by atoms with E-state index in [4.69, 9.17) is 0 Å². The summed E-state index contributed by atoms with van der Waals surface area (Å²) in [6.07, 6.45) is -9.89. The van der Waals surface area contributed by atoms with E-state index in [0.717, 1.165) is 0 Å². The van der Waals surface area contributed by atoms with Gasteiger partial charge in [0.15, 0.2) is 5.88 Å². The fraction of sp³-hybridized carbons (Fsp3) is 0.125. The van der Waals surface area contributed by atoms with E-state index in [2.05, 4.69) is 4.98 Å². The summed E-state index contributed by atoms with van der Waals surface area (Å²) in [6, 6.07) is 7.46. The summed E-state index contributed by atoms with van der Waals surface area (Å²) in [6.45, 7) is 0. The molecule has 3 rings (SSSR count). The zero-order valence-corrected chi connectivity index (χ0v) is 11.8. The summed E-state index contributed by atoms with van der Waals surface area (Å²) >= 11 is 0. The van der Waals surface area contributed by atoms with Crippen LogP contribution in [0.4, 0.5) is 26.3 Å². The molecule has 126 valence electrons. The van der Waals surface area contributed by atoms with Gasteiger partial charge in [-0.15, -0.1) is 0 Å². The molecule has 0 unspecified atom stereocenters. The Kier molecular flexibility index (Phi) is 3.51. The fourth-order valence-corrected chi connectivity index (χ4v) is 2.52. The average molecular weight is 345 g/mol. The highest BCUT2D eigenvalue weighted by Crippen LogP contribution is 2.42. The van der Waals surface area contributed by atoms with Crippen molar-refractivity contribution in [2.75, 3.05) is 0 Å². The van der Waals surface area contributed by atoms with Crippen molar-refractivity contribution in [3.63, 3.8) is 0 Å². The van der Waals surface area contributed by atoms with E-state index >= 15 is 0 Å². The van der Waals surface area contributed by atoms with Crippen molar-refractivity contribution in [2.24, 2.45) is 0 Å². The van der Waals surface area contributed by atoms with E-state index in [-0.39, 0.29) is 17.2 Å². The van der Waals surface area contributed by atoms with Crippen LogP contribution in [0.3, 0.4) is 0 Å². The molecule has 1 aromatic heterocycles. The smallest absolute Gasteiger partial charge is 0.416 e. The lowest BCUT2D eigenvalue weighted by molar-refractivity contribution is -0.143. The molecule has 24 heavy (non-hydrogen) atoms. The Bertz CT molecular complexity index is 875. The van der Waals surface area contributed by atoms with Crippen LogP contribution in [0, 0.1) is 0 Å². The molecule has 0 aliphatic heterocycles. The van der Waals surface area contributed by atoms with Gasteiger partial charge in [0, 0.05) is 10.9 Å². The van der Waals surface area contributed by atoms with Gasteiger partial charge in [0.2, 0.25) is 0 Å². The molecule has 2 aromatic carbocycles. The molecule has 0 atom stereocenters. The Hall–Kier alpha value is -2.64. The SMILES string of the molecule is Oc1[nH]c2ccccc2c1-c1cc(C(F)(F)F)cc(C(F)(F)F)c1. The monoisotopic (exact) mass is 345 g/mol. The number of fused-ring (bicyclic) bond motifs is 1. The van der Waals surface area contributed by atoms with Gasteiger partial charge in [-0.2, -0.15) is 26.3 Å². The molecule has 8 heteroatoms. The van der Waals surface area contributed by atoms with Gasteiger partial charge in [-0.1, -0.05) is 18.2 Å². The molecule has 3 aromatic rings. The van der Waals surface area contributed by atoms with E-state index in [1.54, 1.807) is 18.2 Å². The number of rotatable bonds is 1. The zero-order chi connectivity index (χ0) is 17.7. The molecule has 0 radical (unpaired) electrons. The molecule has 0 spiro atoms. The van der Waals surface area contributed by atoms with E-state index < -0.39 is 29.4 Å². The van der Waals surface area contributed by atoms with Crippen molar-refractivity contribution in [2.45, 2.75) is 12.4 Å². The maximum absolute atomic E-state index is 13.0. The van der Waals surface area contributed by atoms with Crippen molar-refractivity contribution in [1.29, 1.82) is 0 Å². The second-order valence-electron chi connectivity index (χ2n) is 5.19. The van der Waals surface area contributed by atoms with Crippen molar-refractivity contribution in [1.82, 2.24) is 4.98 Å². The Balaban J connectivity index is 2.32. The summed E-state index contributed by atoms with van der Waals surface area (Å²) in [4.78, 5) is 2.53. The largest absolute Gasteiger partial charge is 0.494 e. The highest BCUT2D eigenvalue weighted by Gasteiger charge is 2.37. The minimum Gasteiger partial charge on any atom is -0.494 e. The fourth-order valence-electron chi connectivity index (χ4n) is 2.52. The number of aromatic hydroxyl groups is 1. The van der Waals surface area contributed by atoms with E-state index in [9.17, 15) is 31.4 Å². The van der Waals surface area contributed by atoms with Crippen LogP contribution in [0.5, 0.6) is 5.88 Å². The Labute approximate surface area is 131 Å². The summed E-state index contributed by atoms with van der Waals surface area (Å²) in [7, 11) is 0. The topological polar surface area (TPSA) is 36.0 Å². The number of para-hydroxylation sites is 1. The second-order valence-corrected chi connectivity index (χ2v) is 5.19. The highest BCUT2D eigenvalue weighted by atomic mass is 19.4. The molecule has 0 fully saturated rings. The number of H-pyrrole nitrogens is 1. The van der Waals surface area contributed by atoms with Crippen LogP contribution in [0.2, 0.25) is 0 Å². The first kappa shape index (κ1) is 16.2. The van der Waals surface area contributed by atoms with Crippen molar-refractivity contribution in [3.05, 3.63) is 53.6 Å². The van der Waals surface area contributed by atoms with E-state index in [1.807, 2.05) is 0 Å². The van der Waals surface area contributed by atoms with Gasteiger partial charge < -0.3 is 10.1 Å². The Morgan fingerprint density at radius 2 is 1.33 bits per heavy atom. The molecular formula is C16H9F6NO. The van der Waals surface area contributed by atoms with Gasteiger partial charge >= 0.3 is 12.4 Å². The predicted octanol–water partition coefficient (Wildman–Crippen LogP) is 5.58. The van der Waals surface area contributed by atoms with Gasteiger partial charge in [-0.3, -0.25) is 0 Å². The number of hydrogen-bond acceptors (Lipinski definition) is 1. The minimum atomic E-state index is -4.95. The van der Waals surface area contributed by atoms with Crippen molar-refractivity contribution >= 4 is 10.9 Å². The van der Waals surface area contributed by atoms with Crippen LogP contribution in [0.1, 0.15) is 11.1 Å². The number of alkyl halides is 6. The quantitative estimate of drug-likeness (QED) is 0.555. The van der Waals surface area contributed by atoms with Gasteiger partial charge in [0.05, 0.1) is 16.7 Å². The lowest BCUT2D eigenvalue weighted by Crippen LogP contribution is -2.11. The number of benzene rings is 2. The van der Waals surface area contributed by atoms with Crippen LogP contribution < -0.4 is 0 Å². The number of halogens is 6. The highest BCUT2D eigenvalue weighted by molar-refractivity contribution is 5.99. The number of aromatic nitrogens is 1. The molecule has 0 saturated carbocycles. The number of aromatic amines is 1. The Morgan fingerprint density at radius 3 is 1.88 bits per heavy atom. The third kappa shape index (κ3) is 2.79. The summed E-state index contributed by atoms with van der Waals surface area (Å²) < 4.78 is 77.7. The molecular weight excluding hydrogens is 336 g/mol. The Morgan fingerprint density at radius 1 is 0.792 bits per heavy atom.